The molecule has 0 bridgehead atoms. The molecule has 0 amide bonds. The summed E-state index contributed by atoms with van der Waals surface area (Å²) in [6.07, 6.45) is 1.78. The Morgan fingerprint density at radius 2 is 2.07 bits per heavy atom. The highest BCUT2D eigenvalue weighted by Crippen LogP contribution is 2.11. The summed E-state index contributed by atoms with van der Waals surface area (Å²) in [6, 6.07) is 7.87. The van der Waals surface area contributed by atoms with Crippen LogP contribution >= 0.6 is 0 Å². The fraction of sp³-hybridized carbons (Fsp3) is 0.250. The lowest BCUT2D eigenvalue weighted by molar-refractivity contribution is 0.415. The number of aliphatic imine (C=N–C) groups is 1. The van der Waals surface area contributed by atoms with Crippen LogP contribution in [0.4, 0.5) is 0 Å². The zero-order chi connectivity index (χ0) is 10.4. The van der Waals surface area contributed by atoms with E-state index < -0.39 is 0 Å². The maximum absolute atomic E-state index is 5.07. The van der Waals surface area contributed by atoms with E-state index in [9.17, 15) is 0 Å². The summed E-state index contributed by atoms with van der Waals surface area (Å²) >= 11 is 0. The molecule has 0 aliphatic carbocycles. The molecule has 0 radical (unpaired) electrons. The Bertz CT molecular complexity index is 325. The molecule has 74 valence electrons. The number of hydrogen-bond acceptors (Lipinski definition) is 2. The Morgan fingerprint density at radius 3 is 2.57 bits per heavy atom. The van der Waals surface area contributed by atoms with Crippen molar-refractivity contribution >= 4 is 5.71 Å². The monoisotopic (exact) mass is 189 g/mol. The van der Waals surface area contributed by atoms with Gasteiger partial charge in [0.1, 0.15) is 5.75 Å². The molecule has 0 atom stereocenters. The van der Waals surface area contributed by atoms with E-state index in [0.717, 1.165) is 17.0 Å². The lowest BCUT2D eigenvalue weighted by Crippen LogP contribution is -1.95. The second-order valence-electron chi connectivity index (χ2n) is 2.94. The maximum atomic E-state index is 5.07. The van der Waals surface area contributed by atoms with Crippen LogP contribution < -0.4 is 4.74 Å². The third kappa shape index (κ3) is 2.73. The van der Waals surface area contributed by atoms with Crippen LogP contribution in [0, 0.1) is 0 Å². The molecule has 0 fully saturated rings. The average molecular weight is 189 g/mol. The van der Waals surface area contributed by atoms with Crippen molar-refractivity contribution < 1.29 is 4.74 Å². The van der Waals surface area contributed by atoms with Crippen LogP contribution in [0.1, 0.15) is 12.5 Å². The van der Waals surface area contributed by atoms with Crippen LogP contribution in [-0.2, 0) is 0 Å². The van der Waals surface area contributed by atoms with Gasteiger partial charge in [0.2, 0.25) is 0 Å². The summed E-state index contributed by atoms with van der Waals surface area (Å²) in [5.74, 6) is 0.866. The van der Waals surface area contributed by atoms with Gasteiger partial charge in [-0.2, -0.15) is 0 Å². The van der Waals surface area contributed by atoms with Crippen molar-refractivity contribution in [1.82, 2.24) is 0 Å². The van der Waals surface area contributed by atoms with E-state index in [4.69, 9.17) is 4.74 Å². The number of rotatable bonds is 4. The van der Waals surface area contributed by atoms with Crippen molar-refractivity contribution in [3.8, 4) is 5.75 Å². The lowest BCUT2D eigenvalue weighted by atomic mass is 10.1. The Hall–Kier alpha value is -1.57. The highest BCUT2D eigenvalue weighted by molar-refractivity contribution is 5.98. The van der Waals surface area contributed by atoms with Gasteiger partial charge in [0, 0.05) is 5.71 Å². The van der Waals surface area contributed by atoms with E-state index in [2.05, 4.69) is 11.6 Å². The molecule has 0 aliphatic rings. The summed E-state index contributed by atoms with van der Waals surface area (Å²) < 4.78 is 5.07. The van der Waals surface area contributed by atoms with Crippen molar-refractivity contribution in [1.29, 1.82) is 0 Å². The first-order valence-electron chi connectivity index (χ1n) is 4.54. The molecule has 0 aliphatic heterocycles. The highest BCUT2D eigenvalue weighted by atomic mass is 16.5. The van der Waals surface area contributed by atoms with E-state index in [1.165, 1.54) is 0 Å². The molecule has 2 nitrogen and oxygen atoms in total. The van der Waals surface area contributed by atoms with Gasteiger partial charge < -0.3 is 4.74 Å². The van der Waals surface area contributed by atoms with Gasteiger partial charge in [0.05, 0.1) is 13.7 Å². The first kappa shape index (κ1) is 10.5. The molecule has 0 N–H and O–H groups in total. The Labute approximate surface area is 84.9 Å². The van der Waals surface area contributed by atoms with Gasteiger partial charge in [-0.05, 0) is 36.8 Å². The van der Waals surface area contributed by atoms with Crippen molar-refractivity contribution in [3.05, 3.63) is 42.5 Å². The Balaban J connectivity index is 2.80. The number of methoxy groups -OCH3 is 1. The zero-order valence-corrected chi connectivity index (χ0v) is 8.66. The third-order valence-corrected chi connectivity index (χ3v) is 1.97. The Kier molecular flexibility index (Phi) is 3.92. The molecule has 1 aromatic rings. The lowest BCUT2D eigenvalue weighted by Gasteiger charge is -2.02. The normalized spacial score (nSPS) is 11.1. The van der Waals surface area contributed by atoms with Gasteiger partial charge in [-0.1, -0.05) is 6.08 Å². The first-order valence-corrected chi connectivity index (χ1v) is 4.54. The zero-order valence-electron chi connectivity index (χ0n) is 8.66. The molecule has 0 saturated heterocycles. The molecule has 0 unspecified atom stereocenters. The largest absolute Gasteiger partial charge is 0.497 e. The van der Waals surface area contributed by atoms with E-state index in [0.29, 0.717) is 6.54 Å². The number of hydrogen-bond donors (Lipinski definition) is 0. The van der Waals surface area contributed by atoms with Crippen molar-refractivity contribution in [3.63, 3.8) is 0 Å². The van der Waals surface area contributed by atoms with Crippen molar-refractivity contribution in [2.75, 3.05) is 13.7 Å². The van der Waals surface area contributed by atoms with E-state index in [1.54, 1.807) is 13.2 Å². The van der Waals surface area contributed by atoms with Gasteiger partial charge in [-0.3, -0.25) is 4.99 Å². The summed E-state index contributed by atoms with van der Waals surface area (Å²) in [7, 11) is 1.66. The van der Waals surface area contributed by atoms with Crippen LogP contribution in [0.2, 0.25) is 0 Å². The van der Waals surface area contributed by atoms with Crippen LogP contribution in [0.25, 0.3) is 0 Å². The van der Waals surface area contributed by atoms with Crippen LogP contribution in [0.3, 0.4) is 0 Å². The van der Waals surface area contributed by atoms with Gasteiger partial charge >= 0.3 is 0 Å². The fourth-order valence-electron chi connectivity index (χ4n) is 1.12. The predicted octanol–water partition coefficient (Wildman–Crippen LogP) is 2.69. The predicted molar refractivity (Wildman–Crippen MR) is 60.3 cm³/mol. The van der Waals surface area contributed by atoms with Gasteiger partial charge in [0.15, 0.2) is 0 Å². The van der Waals surface area contributed by atoms with Gasteiger partial charge in [-0.25, -0.2) is 0 Å². The minimum absolute atomic E-state index is 0.665. The Morgan fingerprint density at radius 1 is 1.43 bits per heavy atom. The first-order chi connectivity index (χ1) is 6.77. The molecule has 0 saturated carbocycles. The summed E-state index contributed by atoms with van der Waals surface area (Å²) in [5, 5.41) is 0. The summed E-state index contributed by atoms with van der Waals surface area (Å²) in [6.45, 7) is 6.28. The number of nitrogens with zero attached hydrogens (tertiary/aromatic N) is 1. The molecular weight excluding hydrogens is 174 g/mol. The molecule has 0 heterocycles. The fourth-order valence-corrected chi connectivity index (χ4v) is 1.12. The molecule has 14 heavy (non-hydrogen) atoms. The second kappa shape index (κ2) is 5.22. The van der Waals surface area contributed by atoms with E-state index in [-0.39, 0.29) is 0 Å². The second-order valence-corrected chi connectivity index (χ2v) is 2.94. The molecule has 2 heteroatoms. The molecule has 1 rings (SSSR count). The minimum atomic E-state index is 0.665. The summed E-state index contributed by atoms with van der Waals surface area (Å²) in [4.78, 5) is 4.33. The summed E-state index contributed by atoms with van der Waals surface area (Å²) in [5.41, 5.74) is 2.14. The minimum Gasteiger partial charge on any atom is -0.497 e. The van der Waals surface area contributed by atoms with Crippen LogP contribution in [-0.4, -0.2) is 19.4 Å². The average Bonchev–Trinajstić information content (AvgIpc) is 2.26. The van der Waals surface area contributed by atoms with E-state index in [1.807, 2.05) is 31.2 Å². The van der Waals surface area contributed by atoms with Crippen LogP contribution in [0.15, 0.2) is 41.9 Å². The van der Waals surface area contributed by atoms with Crippen molar-refractivity contribution in [2.24, 2.45) is 4.99 Å². The highest BCUT2D eigenvalue weighted by Gasteiger charge is 1.96. The third-order valence-electron chi connectivity index (χ3n) is 1.97. The van der Waals surface area contributed by atoms with E-state index >= 15 is 0 Å². The molecule has 0 aromatic heterocycles. The van der Waals surface area contributed by atoms with Gasteiger partial charge in [0.25, 0.3) is 0 Å². The van der Waals surface area contributed by atoms with Crippen molar-refractivity contribution in [2.45, 2.75) is 6.92 Å². The molecular formula is C12H15NO. The number of benzene rings is 1. The quantitative estimate of drug-likeness (QED) is 0.527. The van der Waals surface area contributed by atoms with Crippen LogP contribution in [0.5, 0.6) is 5.75 Å². The standard InChI is InChI=1S/C12H15NO/c1-4-9-13-10(2)11-5-7-12(14-3)8-6-11/h4-8H,1,9H2,2-3H3. The molecule has 1 aromatic carbocycles. The smallest absolute Gasteiger partial charge is 0.118 e. The number of ether oxygens (including phenoxy) is 1. The topological polar surface area (TPSA) is 21.6 Å². The van der Waals surface area contributed by atoms with Gasteiger partial charge in [-0.15, -0.1) is 6.58 Å². The SMILES string of the molecule is C=CCN=C(C)c1ccc(OC)cc1. The molecule has 0 spiro atoms. The maximum Gasteiger partial charge on any atom is 0.118 e.